The van der Waals surface area contributed by atoms with Gasteiger partial charge in [0.15, 0.2) is 0 Å². The van der Waals surface area contributed by atoms with Gasteiger partial charge in [-0.1, -0.05) is 19.3 Å². The predicted molar refractivity (Wildman–Crippen MR) is 113 cm³/mol. The van der Waals surface area contributed by atoms with Crippen LogP contribution in [-0.4, -0.2) is 48.0 Å². The molecule has 2 aliphatic carbocycles. The number of nitrogens with zero attached hydrogens (tertiary/aromatic N) is 3. The lowest BCUT2D eigenvalue weighted by Crippen LogP contribution is -2.57. The highest BCUT2D eigenvalue weighted by atomic mass is 19.1. The summed E-state index contributed by atoms with van der Waals surface area (Å²) in [5.41, 5.74) is -0.371. The molecule has 5 rings (SSSR count). The summed E-state index contributed by atoms with van der Waals surface area (Å²) in [6.07, 6.45) is 9.71. The van der Waals surface area contributed by atoms with Crippen molar-refractivity contribution >= 4 is 17.6 Å². The first kappa shape index (κ1) is 19.9. The van der Waals surface area contributed by atoms with E-state index in [0.29, 0.717) is 5.84 Å². The molecule has 0 bridgehead atoms. The number of anilines is 1. The second kappa shape index (κ2) is 7.91. The first-order valence-electron chi connectivity index (χ1n) is 11.4. The van der Waals surface area contributed by atoms with Crippen molar-refractivity contribution in [3.05, 3.63) is 29.8 Å². The number of amides is 2. The molecular weight excluding hydrogens is 386 g/mol. The third kappa shape index (κ3) is 3.84. The van der Waals surface area contributed by atoms with Crippen LogP contribution in [0.5, 0.6) is 0 Å². The van der Waals surface area contributed by atoms with Crippen LogP contribution in [0.15, 0.2) is 23.2 Å². The van der Waals surface area contributed by atoms with Gasteiger partial charge in [0.05, 0.1) is 11.7 Å². The highest BCUT2D eigenvalue weighted by Gasteiger charge is 2.53. The van der Waals surface area contributed by atoms with Crippen molar-refractivity contribution in [2.24, 2.45) is 10.9 Å². The van der Waals surface area contributed by atoms with Gasteiger partial charge in [-0.05, 0) is 56.6 Å². The summed E-state index contributed by atoms with van der Waals surface area (Å²) in [6, 6.07) is 3.25. The summed E-state index contributed by atoms with van der Waals surface area (Å²) in [4.78, 5) is 22.1. The van der Waals surface area contributed by atoms with Gasteiger partial charge < -0.3 is 4.90 Å². The van der Waals surface area contributed by atoms with E-state index in [2.05, 4.69) is 10.2 Å². The van der Waals surface area contributed by atoms with Crippen LogP contribution in [0.25, 0.3) is 0 Å². The number of piperidine rings is 1. The standard InChI is InChI=1S/C23H30F2N4O/c24-17-12-18(25)14-20(13-17)29-22(30)27-21(26-19-4-2-1-3-5-19)23(29)8-10-28(11-9-23)15-16-6-7-16/h12-14,16,19H,1-11,15H2,(H,26,27,30). The monoisotopic (exact) mass is 416 g/mol. The van der Waals surface area contributed by atoms with Crippen LogP contribution in [0.4, 0.5) is 19.3 Å². The highest BCUT2D eigenvalue weighted by molar-refractivity contribution is 6.19. The molecule has 0 radical (unpaired) electrons. The fraction of sp³-hybridized carbons (Fsp3) is 0.652. The summed E-state index contributed by atoms with van der Waals surface area (Å²) >= 11 is 0. The van der Waals surface area contributed by atoms with Gasteiger partial charge in [-0.2, -0.15) is 0 Å². The molecule has 7 heteroatoms. The zero-order chi connectivity index (χ0) is 20.7. The van der Waals surface area contributed by atoms with E-state index in [1.807, 2.05) is 0 Å². The third-order valence-corrected chi connectivity index (χ3v) is 7.19. The van der Waals surface area contributed by atoms with Crippen LogP contribution in [0.3, 0.4) is 0 Å². The molecule has 1 aromatic rings. The normalized spacial score (nSPS) is 26.5. The van der Waals surface area contributed by atoms with Gasteiger partial charge in [-0.25, -0.2) is 13.6 Å². The molecule has 2 saturated carbocycles. The number of hydrogen-bond acceptors (Lipinski definition) is 3. The van der Waals surface area contributed by atoms with Gasteiger partial charge >= 0.3 is 6.03 Å². The largest absolute Gasteiger partial charge is 0.328 e. The van der Waals surface area contributed by atoms with Crippen LogP contribution in [0, 0.1) is 17.6 Å². The number of likely N-dealkylation sites (tertiary alicyclic amines) is 1. The van der Waals surface area contributed by atoms with Crippen molar-refractivity contribution in [3.63, 3.8) is 0 Å². The zero-order valence-corrected chi connectivity index (χ0v) is 17.4. The van der Waals surface area contributed by atoms with Crippen LogP contribution in [0.1, 0.15) is 57.8 Å². The van der Waals surface area contributed by atoms with E-state index in [1.54, 1.807) is 4.90 Å². The maximum Gasteiger partial charge on any atom is 0.328 e. The zero-order valence-electron chi connectivity index (χ0n) is 17.4. The Labute approximate surface area is 176 Å². The molecule has 2 amide bonds. The molecule has 162 valence electrons. The Hall–Kier alpha value is -2.02. The summed E-state index contributed by atoms with van der Waals surface area (Å²) in [6.45, 7) is 2.84. The molecular formula is C23H30F2N4O. The molecule has 5 nitrogen and oxygen atoms in total. The van der Waals surface area contributed by atoms with E-state index in [-0.39, 0.29) is 17.8 Å². The lowest BCUT2D eigenvalue weighted by molar-refractivity contribution is 0.184. The molecule has 1 aromatic carbocycles. The average molecular weight is 417 g/mol. The van der Waals surface area contributed by atoms with Crippen molar-refractivity contribution in [1.29, 1.82) is 0 Å². The maximum absolute atomic E-state index is 14.0. The molecule has 1 spiro atoms. The number of carbonyl (C=O) groups is 1. The Morgan fingerprint density at radius 1 is 1.00 bits per heavy atom. The second-order valence-corrected chi connectivity index (χ2v) is 9.44. The Balaban J connectivity index is 1.48. The topological polar surface area (TPSA) is 47.9 Å². The Morgan fingerprint density at radius 2 is 1.67 bits per heavy atom. The molecule has 30 heavy (non-hydrogen) atoms. The van der Waals surface area contributed by atoms with Crippen LogP contribution < -0.4 is 10.2 Å². The average Bonchev–Trinajstić information content (AvgIpc) is 3.49. The molecule has 2 saturated heterocycles. The number of carbonyl (C=O) groups excluding carboxylic acids is 1. The van der Waals surface area contributed by atoms with Crippen LogP contribution in [-0.2, 0) is 0 Å². The van der Waals surface area contributed by atoms with Crippen LogP contribution in [0.2, 0.25) is 0 Å². The van der Waals surface area contributed by atoms with Crippen molar-refractivity contribution in [2.75, 3.05) is 24.5 Å². The smallest absolute Gasteiger partial charge is 0.303 e. The number of amidine groups is 1. The summed E-state index contributed by atoms with van der Waals surface area (Å²) in [5.74, 6) is 0.176. The van der Waals surface area contributed by atoms with E-state index in [0.717, 1.165) is 70.1 Å². The van der Waals surface area contributed by atoms with Crippen molar-refractivity contribution < 1.29 is 13.6 Å². The Bertz CT molecular complexity index is 819. The van der Waals surface area contributed by atoms with Crippen LogP contribution >= 0.6 is 0 Å². The minimum atomic E-state index is -0.670. The summed E-state index contributed by atoms with van der Waals surface area (Å²) in [5, 5.41) is 2.99. The number of rotatable bonds is 4. The molecule has 2 heterocycles. The molecule has 4 aliphatic rings. The lowest BCUT2D eigenvalue weighted by atomic mass is 9.84. The van der Waals surface area contributed by atoms with Crippen molar-refractivity contribution in [3.8, 4) is 0 Å². The van der Waals surface area contributed by atoms with E-state index < -0.39 is 17.2 Å². The van der Waals surface area contributed by atoms with Gasteiger partial charge in [0.25, 0.3) is 0 Å². The number of nitrogens with one attached hydrogen (secondary N) is 1. The number of aliphatic imine (C=N–C) groups is 1. The van der Waals surface area contributed by atoms with Crippen molar-refractivity contribution in [1.82, 2.24) is 10.2 Å². The van der Waals surface area contributed by atoms with Gasteiger partial charge in [-0.3, -0.25) is 15.2 Å². The Kier molecular flexibility index (Phi) is 5.25. The van der Waals surface area contributed by atoms with Gasteiger partial charge in [0, 0.05) is 25.7 Å². The fourth-order valence-corrected chi connectivity index (χ4v) is 5.38. The van der Waals surface area contributed by atoms with Gasteiger partial charge in [0.2, 0.25) is 0 Å². The highest BCUT2D eigenvalue weighted by Crippen LogP contribution is 2.40. The van der Waals surface area contributed by atoms with Gasteiger partial charge in [-0.15, -0.1) is 0 Å². The molecule has 4 fully saturated rings. The number of hydrogen-bond donors (Lipinski definition) is 1. The maximum atomic E-state index is 14.0. The number of halogens is 2. The fourth-order valence-electron chi connectivity index (χ4n) is 5.38. The predicted octanol–water partition coefficient (Wildman–Crippen LogP) is 4.47. The van der Waals surface area contributed by atoms with E-state index in [9.17, 15) is 13.6 Å². The van der Waals surface area contributed by atoms with E-state index in [1.165, 1.54) is 31.4 Å². The lowest BCUT2D eigenvalue weighted by Gasteiger charge is -2.44. The first-order chi connectivity index (χ1) is 14.5. The molecule has 0 atom stereocenters. The molecule has 0 unspecified atom stereocenters. The van der Waals surface area contributed by atoms with Gasteiger partial charge in [0.1, 0.15) is 23.0 Å². The number of benzene rings is 1. The quantitative estimate of drug-likeness (QED) is 0.787. The minimum absolute atomic E-state index is 0.222. The first-order valence-corrected chi connectivity index (χ1v) is 11.4. The van der Waals surface area contributed by atoms with E-state index in [4.69, 9.17) is 4.99 Å². The summed E-state index contributed by atoms with van der Waals surface area (Å²) < 4.78 is 28.0. The Morgan fingerprint density at radius 3 is 2.30 bits per heavy atom. The van der Waals surface area contributed by atoms with Crippen molar-refractivity contribution in [2.45, 2.75) is 69.4 Å². The molecule has 2 aliphatic heterocycles. The molecule has 1 N–H and O–H groups in total. The molecule has 0 aromatic heterocycles. The SMILES string of the molecule is O=C1NC(=NC2CCCCC2)C2(CCN(CC3CC3)CC2)N1c1cc(F)cc(F)c1. The third-order valence-electron chi connectivity index (χ3n) is 7.19. The summed E-state index contributed by atoms with van der Waals surface area (Å²) in [7, 11) is 0. The minimum Gasteiger partial charge on any atom is -0.303 e. The number of urea groups is 1. The second-order valence-electron chi connectivity index (χ2n) is 9.44. The van der Waals surface area contributed by atoms with E-state index >= 15 is 0 Å².